The van der Waals surface area contributed by atoms with Gasteiger partial charge >= 0.3 is 0 Å². The Morgan fingerprint density at radius 2 is 2.29 bits per heavy atom. The SMILES string of the molecule is CCc1nn(C)c(C(=O)N2CCCCO2)c1N. The molecular weight excluding hydrogens is 220 g/mol. The van der Waals surface area contributed by atoms with Crippen molar-refractivity contribution in [3.8, 4) is 0 Å². The third kappa shape index (κ3) is 2.12. The van der Waals surface area contributed by atoms with Crippen molar-refractivity contribution in [1.82, 2.24) is 14.8 Å². The lowest BCUT2D eigenvalue weighted by atomic mass is 10.2. The van der Waals surface area contributed by atoms with E-state index in [-0.39, 0.29) is 5.91 Å². The standard InChI is InChI=1S/C11H18N4O2/c1-3-8-9(12)10(14(2)13-8)11(16)15-6-4-5-7-17-15/h3-7,12H2,1-2H3. The number of hydroxylamine groups is 2. The third-order valence-electron chi connectivity index (χ3n) is 2.93. The number of hydrogen-bond donors (Lipinski definition) is 1. The van der Waals surface area contributed by atoms with Crippen LogP contribution in [0.25, 0.3) is 0 Å². The van der Waals surface area contributed by atoms with Gasteiger partial charge in [0.15, 0.2) is 5.69 Å². The highest BCUT2D eigenvalue weighted by Gasteiger charge is 2.26. The maximum absolute atomic E-state index is 12.2. The van der Waals surface area contributed by atoms with Gasteiger partial charge in [0.25, 0.3) is 5.91 Å². The molecule has 1 aromatic heterocycles. The van der Waals surface area contributed by atoms with E-state index in [9.17, 15) is 4.79 Å². The fourth-order valence-electron chi connectivity index (χ4n) is 1.99. The largest absolute Gasteiger partial charge is 0.395 e. The molecule has 0 atom stereocenters. The minimum absolute atomic E-state index is 0.197. The Morgan fingerprint density at radius 1 is 1.53 bits per heavy atom. The summed E-state index contributed by atoms with van der Waals surface area (Å²) in [6, 6.07) is 0. The van der Waals surface area contributed by atoms with Crippen molar-refractivity contribution in [2.75, 3.05) is 18.9 Å². The van der Waals surface area contributed by atoms with E-state index >= 15 is 0 Å². The fourth-order valence-corrected chi connectivity index (χ4v) is 1.99. The molecule has 94 valence electrons. The van der Waals surface area contributed by atoms with Gasteiger partial charge in [-0.1, -0.05) is 6.92 Å². The van der Waals surface area contributed by atoms with Crippen LogP contribution in [0, 0.1) is 0 Å². The Kier molecular flexibility index (Phi) is 3.33. The van der Waals surface area contributed by atoms with Crippen molar-refractivity contribution < 1.29 is 9.63 Å². The molecule has 0 unspecified atom stereocenters. The Labute approximate surface area is 100 Å². The van der Waals surface area contributed by atoms with Gasteiger partial charge < -0.3 is 5.73 Å². The molecule has 0 aliphatic carbocycles. The van der Waals surface area contributed by atoms with E-state index in [0.717, 1.165) is 18.5 Å². The van der Waals surface area contributed by atoms with Gasteiger partial charge in [0.2, 0.25) is 0 Å². The van der Waals surface area contributed by atoms with Crippen molar-refractivity contribution in [3.63, 3.8) is 0 Å². The van der Waals surface area contributed by atoms with Crippen LogP contribution >= 0.6 is 0 Å². The predicted octanol–water partition coefficient (Wildman–Crippen LogP) is 0.732. The maximum atomic E-state index is 12.2. The Morgan fingerprint density at radius 3 is 2.82 bits per heavy atom. The summed E-state index contributed by atoms with van der Waals surface area (Å²) in [5.41, 5.74) is 7.58. The summed E-state index contributed by atoms with van der Waals surface area (Å²) < 4.78 is 1.54. The first-order valence-electron chi connectivity index (χ1n) is 5.91. The highest BCUT2D eigenvalue weighted by atomic mass is 16.7. The van der Waals surface area contributed by atoms with Crippen LogP contribution in [0.4, 0.5) is 5.69 Å². The molecule has 2 heterocycles. The van der Waals surface area contributed by atoms with Crippen LogP contribution < -0.4 is 5.73 Å². The van der Waals surface area contributed by atoms with Gasteiger partial charge in [0.1, 0.15) is 0 Å². The summed E-state index contributed by atoms with van der Waals surface area (Å²) in [6.07, 6.45) is 2.67. The summed E-state index contributed by atoms with van der Waals surface area (Å²) in [6.45, 7) is 3.17. The molecule has 1 amide bonds. The quantitative estimate of drug-likeness (QED) is 0.824. The minimum Gasteiger partial charge on any atom is -0.395 e. The molecule has 1 saturated heterocycles. The maximum Gasteiger partial charge on any atom is 0.297 e. The monoisotopic (exact) mass is 238 g/mol. The third-order valence-corrected chi connectivity index (χ3v) is 2.93. The summed E-state index contributed by atoms with van der Waals surface area (Å²) in [5.74, 6) is -0.197. The van der Waals surface area contributed by atoms with Crippen LogP contribution in [-0.4, -0.2) is 33.9 Å². The van der Waals surface area contributed by atoms with Crippen LogP contribution in [0.15, 0.2) is 0 Å². The average molecular weight is 238 g/mol. The van der Waals surface area contributed by atoms with E-state index < -0.39 is 0 Å². The Bertz CT molecular complexity index is 421. The van der Waals surface area contributed by atoms with Gasteiger partial charge in [-0.3, -0.25) is 14.3 Å². The summed E-state index contributed by atoms with van der Waals surface area (Å²) in [7, 11) is 1.73. The van der Waals surface area contributed by atoms with E-state index in [1.807, 2.05) is 6.92 Å². The number of aryl methyl sites for hydroxylation is 2. The molecule has 6 heteroatoms. The summed E-state index contributed by atoms with van der Waals surface area (Å²) in [4.78, 5) is 17.6. The molecule has 1 aliphatic heterocycles. The topological polar surface area (TPSA) is 73.4 Å². The number of anilines is 1. The summed E-state index contributed by atoms with van der Waals surface area (Å²) in [5, 5.41) is 5.62. The molecule has 1 aliphatic rings. The molecule has 0 bridgehead atoms. The van der Waals surface area contributed by atoms with Crippen LogP contribution in [0.5, 0.6) is 0 Å². The van der Waals surface area contributed by atoms with Crippen molar-refractivity contribution >= 4 is 11.6 Å². The second kappa shape index (κ2) is 4.75. The molecule has 17 heavy (non-hydrogen) atoms. The first-order chi connectivity index (χ1) is 8.15. The van der Waals surface area contributed by atoms with Crippen LogP contribution in [0.1, 0.15) is 35.9 Å². The smallest absolute Gasteiger partial charge is 0.297 e. The van der Waals surface area contributed by atoms with Crippen molar-refractivity contribution in [2.24, 2.45) is 7.05 Å². The molecule has 2 rings (SSSR count). The highest BCUT2D eigenvalue weighted by Crippen LogP contribution is 2.20. The van der Waals surface area contributed by atoms with E-state index in [2.05, 4.69) is 5.10 Å². The minimum atomic E-state index is -0.197. The van der Waals surface area contributed by atoms with Crippen LogP contribution in [-0.2, 0) is 18.3 Å². The molecule has 2 N–H and O–H groups in total. The van der Waals surface area contributed by atoms with Crippen molar-refractivity contribution in [1.29, 1.82) is 0 Å². The molecule has 0 radical (unpaired) electrons. The predicted molar refractivity (Wildman–Crippen MR) is 63.2 cm³/mol. The number of nitrogens with zero attached hydrogens (tertiary/aromatic N) is 3. The fraction of sp³-hybridized carbons (Fsp3) is 0.636. The Hall–Kier alpha value is -1.56. The molecular formula is C11H18N4O2. The molecule has 0 saturated carbocycles. The first-order valence-corrected chi connectivity index (χ1v) is 5.91. The van der Waals surface area contributed by atoms with Crippen molar-refractivity contribution in [3.05, 3.63) is 11.4 Å². The molecule has 0 aromatic carbocycles. The lowest BCUT2D eigenvalue weighted by Crippen LogP contribution is -2.37. The van der Waals surface area contributed by atoms with Gasteiger partial charge in [0, 0.05) is 13.6 Å². The van der Waals surface area contributed by atoms with Crippen molar-refractivity contribution in [2.45, 2.75) is 26.2 Å². The lowest BCUT2D eigenvalue weighted by Gasteiger charge is -2.25. The van der Waals surface area contributed by atoms with Gasteiger partial charge in [0.05, 0.1) is 18.0 Å². The molecule has 6 nitrogen and oxygen atoms in total. The second-order valence-corrected chi connectivity index (χ2v) is 4.13. The number of carbonyl (C=O) groups excluding carboxylic acids is 1. The number of amides is 1. The zero-order valence-corrected chi connectivity index (χ0v) is 10.3. The highest BCUT2D eigenvalue weighted by molar-refractivity contribution is 5.97. The number of nitrogens with two attached hydrogens (primary N) is 1. The lowest BCUT2D eigenvalue weighted by molar-refractivity contribution is -0.144. The van der Waals surface area contributed by atoms with E-state index in [0.29, 0.717) is 31.0 Å². The van der Waals surface area contributed by atoms with Gasteiger partial charge in [-0.15, -0.1) is 0 Å². The number of rotatable bonds is 2. The number of nitrogen functional groups attached to an aromatic ring is 1. The van der Waals surface area contributed by atoms with E-state index in [4.69, 9.17) is 10.6 Å². The number of hydrogen-bond acceptors (Lipinski definition) is 4. The first kappa shape index (κ1) is 11.9. The molecule has 1 aromatic rings. The Balaban J connectivity index is 2.26. The normalized spacial score (nSPS) is 16.2. The zero-order valence-electron chi connectivity index (χ0n) is 10.3. The van der Waals surface area contributed by atoms with Gasteiger partial charge in [-0.25, -0.2) is 5.06 Å². The van der Waals surface area contributed by atoms with Crippen LogP contribution in [0.2, 0.25) is 0 Å². The average Bonchev–Trinajstić information content (AvgIpc) is 2.64. The van der Waals surface area contributed by atoms with Crippen LogP contribution in [0.3, 0.4) is 0 Å². The van der Waals surface area contributed by atoms with E-state index in [1.54, 1.807) is 7.05 Å². The molecule has 0 spiro atoms. The summed E-state index contributed by atoms with van der Waals surface area (Å²) >= 11 is 0. The number of carbonyl (C=O) groups is 1. The second-order valence-electron chi connectivity index (χ2n) is 4.13. The zero-order chi connectivity index (χ0) is 12.4. The van der Waals surface area contributed by atoms with Gasteiger partial charge in [-0.2, -0.15) is 5.10 Å². The van der Waals surface area contributed by atoms with Gasteiger partial charge in [-0.05, 0) is 19.3 Å². The number of aromatic nitrogens is 2. The molecule has 1 fully saturated rings. The van der Waals surface area contributed by atoms with E-state index in [1.165, 1.54) is 9.75 Å².